The third kappa shape index (κ3) is 2.13. The first-order valence-corrected chi connectivity index (χ1v) is 6.63. The lowest BCUT2D eigenvalue weighted by molar-refractivity contribution is 0.152. The van der Waals surface area contributed by atoms with Crippen LogP contribution in [0, 0.1) is 0 Å². The Kier molecular flexibility index (Phi) is 3.06. The van der Waals surface area contributed by atoms with Crippen LogP contribution in [0.25, 0.3) is 5.65 Å². The second-order valence-electron chi connectivity index (χ2n) is 5.24. The van der Waals surface area contributed by atoms with Crippen LogP contribution < -0.4 is 5.73 Å². The molecule has 18 heavy (non-hydrogen) atoms. The summed E-state index contributed by atoms with van der Waals surface area (Å²) in [7, 11) is 2.22. The van der Waals surface area contributed by atoms with Crippen LogP contribution in [0.5, 0.6) is 0 Å². The number of hydrogen-bond acceptors (Lipinski definition) is 3. The van der Waals surface area contributed by atoms with Gasteiger partial charge in [-0.3, -0.25) is 4.90 Å². The summed E-state index contributed by atoms with van der Waals surface area (Å²) in [6, 6.07) is 5.02. The van der Waals surface area contributed by atoms with E-state index < -0.39 is 0 Å². The highest BCUT2D eigenvalue weighted by atomic mass is 15.1. The quantitative estimate of drug-likeness (QED) is 0.891. The summed E-state index contributed by atoms with van der Waals surface area (Å²) in [5.74, 6) is 0. The molecule has 1 fully saturated rings. The summed E-state index contributed by atoms with van der Waals surface area (Å²) in [4.78, 5) is 6.89. The molecule has 96 valence electrons. The highest BCUT2D eigenvalue weighted by Gasteiger charge is 2.21. The van der Waals surface area contributed by atoms with Gasteiger partial charge >= 0.3 is 0 Å². The summed E-state index contributed by atoms with van der Waals surface area (Å²) >= 11 is 0. The van der Waals surface area contributed by atoms with Crippen LogP contribution in [0.3, 0.4) is 0 Å². The monoisotopic (exact) mass is 244 g/mol. The van der Waals surface area contributed by atoms with Crippen molar-refractivity contribution in [2.75, 3.05) is 7.05 Å². The van der Waals surface area contributed by atoms with Crippen molar-refractivity contribution in [1.82, 2.24) is 14.3 Å². The number of hydrogen-bond donors (Lipinski definition) is 1. The first kappa shape index (κ1) is 11.7. The van der Waals surface area contributed by atoms with Gasteiger partial charge in [0.15, 0.2) is 0 Å². The van der Waals surface area contributed by atoms with Gasteiger partial charge in [-0.1, -0.05) is 12.5 Å². The van der Waals surface area contributed by atoms with Crippen LogP contribution in [0.4, 0.5) is 0 Å². The van der Waals surface area contributed by atoms with Gasteiger partial charge in [0, 0.05) is 31.5 Å². The summed E-state index contributed by atoms with van der Waals surface area (Å²) in [5.41, 5.74) is 8.87. The molecule has 3 rings (SSSR count). The van der Waals surface area contributed by atoms with E-state index in [4.69, 9.17) is 5.73 Å². The summed E-state index contributed by atoms with van der Waals surface area (Å²) in [6.07, 6.45) is 8.26. The standard InChI is InChI=1S/C14H20N4/c1-17(13-3-2-4-13)8-11-5-6-14-16-12(7-15)10-18(14)9-11/h5-6,9-10,13H,2-4,7-8,15H2,1H3. The minimum atomic E-state index is 0.499. The van der Waals surface area contributed by atoms with Crippen molar-refractivity contribution < 1.29 is 0 Å². The van der Waals surface area contributed by atoms with Gasteiger partial charge in [0.1, 0.15) is 5.65 Å². The lowest BCUT2D eigenvalue weighted by atomic mass is 9.92. The van der Waals surface area contributed by atoms with Gasteiger partial charge in [0.05, 0.1) is 5.69 Å². The molecule has 0 radical (unpaired) electrons. The van der Waals surface area contributed by atoms with Crippen molar-refractivity contribution in [2.45, 2.75) is 38.4 Å². The molecule has 2 N–H and O–H groups in total. The largest absolute Gasteiger partial charge is 0.325 e. The van der Waals surface area contributed by atoms with Crippen LogP contribution in [0.15, 0.2) is 24.5 Å². The van der Waals surface area contributed by atoms with E-state index in [1.165, 1.54) is 24.8 Å². The Morgan fingerprint density at radius 1 is 1.39 bits per heavy atom. The van der Waals surface area contributed by atoms with E-state index in [0.717, 1.165) is 23.9 Å². The van der Waals surface area contributed by atoms with Gasteiger partial charge in [0.25, 0.3) is 0 Å². The lowest BCUT2D eigenvalue weighted by Gasteiger charge is -2.34. The van der Waals surface area contributed by atoms with Crippen LogP contribution in [-0.2, 0) is 13.1 Å². The number of aromatic nitrogens is 2. The Hall–Kier alpha value is -1.39. The van der Waals surface area contributed by atoms with Crippen LogP contribution >= 0.6 is 0 Å². The van der Waals surface area contributed by atoms with Crippen molar-refractivity contribution in [1.29, 1.82) is 0 Å². The number of rotatable bonds is 4. The Morgan fingerprint density at radius 3 is 2.89 bits per heavy atom. The van der Waals surface area contributed by atoms with Gasteiger partial charge in [0.2, 0.25) is 0 Å². The second-order valence-corrected chi connectivity index (χ2v) is 5.24. The molecular formula is C14H20N4. The molecule has 2 aromatic rings. The van der Waals surface area contributed by atoms with E-state index in [1.807, 2.05) is 6.20 Å². The fraction of sp³-hybridized carbons (Fsp3) is 0.500. The molecule has 1 aliphatic carbocycles. The molecule has 4 heteroatoms. The predicted octanol–water partition coefficient (Wildman–Crippen LogP) is 1.78. The molecule has 0 saturated heterocycles. The summed E-state index contributed by atoms with van der Waals surface area (Å²) in [5, 5.41) is 0. The molecule has 0 bridgehead atoms. The zero-order chi connectivity index (χ0) is 12.5. The molecule has 2 heterocycles. The normalized spacial score (nSPS) is 16.4. The lowest BCUT2D eigenvalue weighted by Crippen LogP contribution is -2.36. The minimum Gasteiger partial charge on any atom is -0.325 e. The highest BCUT2D eigenvalue weighted by Crippen LogP contribution is 2.24. The number of imidazole rings is 1. The number of nitrogens with two attached hydrogens (primary N) is 1. The highest BCUT2D eigenvalue weighted by molar-refractivity contribution is 5.41. The third-order valence-corrected chi connectivity index (χ3v) is 3.90. The summed E-state index contributed by atoms with van der Waals surface area (Å²) in [6.45, 7) is 1.51. The van der Waals surface area contributed by atoms with Gasteiger partial charge in [-0.25, -0.2) is 4.98 Å². The first-order valence-electron chi connectivity index (χ1n) is 6.63. The van der Waals surface area contributed by atoms with Crippen LogP contribution in [-0.4, -0.2) is 27.4 Å². The molecule has 0 unspecified atom stereocenters. The fourth-order valence-corrected chi connectivity index (χ4v) is 2.53. The van der Waals surface area contributed by atoms with Crippen molar-refractivity contribution in [3.8, 4) is 0 Å². The first-order chi connectivity index (χ1) is 8.76. The van der Waals surface area contributed by atoms with E-state index in [0.29, 0.717) is 6.54 Å². The van der Waals surface area contributed by atoms with E-state index in [2.05, 4.69) is 39.7 Å². The number of fused-ring (bicyclic) bond motifs is 1. The van der Waals surface area contributed by atoms with E-state index >= 15 is 0 Å². The zero-order valence-electron chi connectivity index (χ0n) is 10.8. The molecule has 0 aliphatic heterocycles. The molecule has 1 aliphatic rings. The Balaban J connectivity index is 1.79. The molecule has 0 atom stereocenters. The maximum Gasteiger partial charge on any atom is 0.137 e. The molecule has 0 spiro atoms. The average molecular weight is 244 g/mol. The SMILES string of the molecule is CN(Cc1ccc2nc(CN)cn2c1)C1CCC1. The van der Waals surface area contributed by atoms with Gasteiger partial charge in [-0.15, -0.1) is 0 Å². The molecule has 1 saturated carbocycles. The molecule has 0 aromatic carbocycles. The molecular weight excluding hydrogens is 224 g/mol. The summed E-state index contributed by atoms with van der Waals surface area (Å²) < 4.78 is 2.08. The number of pyridine rings is 1. The Labute approximate surface area is 107 Å². The number of nitrogens with zero attached hydrogens (tertiary/aromatic N) is 3. The van der Waals surface area contributed by atoms with E-state index in [-0.39, 0.29) is 0 Å². The van der Waals surface area contributed by atoms with Crippen molar-refractivity contribution in [2.24, 2.45) is 5.73 Å². The second kappa shape index (κ2) is 4.71. The third-order valence-electron chi connectivity index (χ3n) is 3.90. The minimum absolute atomic E-state index is 0.499. The molecule has 4 nitrogen and oxygen atoms in total. The maximum absolute atomic E-state index is 5.61. The van der Waals surface area contributed by atoms with Gasteiger partial charge in [-0.05, 0) is 31.5 Å². The van der Waals surface area contributed by atoms with Crippen molar-refractivity contribution in [3.05, 3.63) is 35.8 Å². The molecule has 2 aromatic heterocycles. The Bertz CT molecular complexity index is 542. The maximum atomic E-state index is 5.61. The Morgan fingerprint density at radius 2 is 2.22 bits per heavy atom. The average Bonchev–Trinajstić information content (AvgIpc) is 2.68. The topological polar surface area (TPSA) is 46.6 Å². The van der Waals surface area contributed by atoms with Crippen LogP contribution in [0.1, 0.15) is 30.5 Å². The van der Waals surface area contributed by atoms with E-state index in [1.54, 1.807) is 0 Å². The van der Waals surface area contributed by atoms with Gasteiger partial charge in [-0.2, -0.15) is 0 Å². The zero-order valence-corrected chi connectivity index (χ0v) is 10.8. The van der Waals surface area contributed by atoms with Crippen molar-refractivity contribution >= 4 is 5.65 Å². The van der Waals surface area contributed by atoms with Crippen LogP contribution in [0.2, 0.25) is 0 Å². The fourth-order valence-electron chi connectivity index (χ4n) is 2.53. The molecule has 0 amide bonds. The van der Waals surface area contributed by atoms with Crippen molar-refractivity contribution in [3.63, 3.8) is 0 Å². The van der Waals surface area contributed by atoms with E-state index in [9.17, 15) is 0 Å². The predicted molar refractivity (Wildman–Crippen MR) is 72.2 cm³/mol. The smallest absolute Gasteiger partial charge is 0.137 e. The van der Waals surface area contributed by atoms with Gasteiger partial charge < -0.3 is 10.1 Å².